The zero-order chi connectivity index (χ0) is 22.9. The van der Waals surface area contributed by atoms with Gasteiger partial charge in [0, 0.05) is 21.2 Å². The first kappa shape index (κ1) is 27.3. The van der Waals surface area contributed by atoms with Crippen LogP contribution in [0.4, 0.5) is 0 Å². The molecule has 0 radical (unpaired) electrons. The van der Waals surface area contributed by atoms with E-state index in [9.17, 15) is 14.4 Å². The Hall–Kier alpha value is -1.71. The number of carbonyl (C=O) groups is 3. The lowest BCUT2D eigenvalue weighted by Gasteiger charge is -2.39. The second-order valence-corrected chi connectivity index (χ2v) is 8.02. The normalized spacial score (nSPS) is 16.8. The van der Waals surface area contributed by atoms with E-state index in [2.05, 4.69) is 10.7 Å². The Morgan fingerprint density at radius 2 is 1.66 bits per heavy atom. The summed E-state index contributed by atoms with van der Waals surface area (Å²) < 4.78 is 5.50. The van der Waals surface area contributed by atoms with Gasteiger partial charge in [-0.05, 0) is 25.8 Å². The summed E-state index contributed by atoms with van der Waals surface area (Å²) in [6.07, 6.45) is 0.300. The molecule has 0 unspecified atom stereocenters. The molecule has 0 aliphatic rings. The van der Waals surface area contributed by atoms with Crippen molar-refractivity contribution in [3.05, 3.63) is 0 Å². The molecule has 29 heavy (non-hydrogen) atoms. The van der Waals surface area contributed by atoms with Crippen molar-refractivity contribution in [2.75, 3.05) is 28.3 Å². The number of carbonyl (C=O) groups excluding carboxylic acids is 3. The number of nitrogens with one attached hydrogen (secondary N) is 2. The standard InChI is InChI=1S/C20H41N5O4/c1-10-13(4)18(15(29-9)11-16(21)26)24(7)20(28)14(5)23-19(27)17(12(2)3)25(8)22-6/h12-15,17-18,22H,10-11H2,1-9H3,(H2,21,26)(H,23,27)/t13-,14-,15+,17-,18-/m0/s1. The predicted molar refractivity (Wildman–Crippen MR) is 114 cm³/mol. The zero-order valence-electron chi connectivity index (χ0n) is 19.5. The van der Waals surface area contributed by atoms with Gasteiger partial charge in [-0.2, -0.15) is 0 Å². The highest BCUT2D eigenvalue weighted by Crippen LogP contribution is 2.22. The Kier molecular flexibility index (Phi) is 12.0. The van der Waals surface area contributed by atoms with Gasteiger partial charge in [0.1, 0.15) is 12.1 Å². The van der Waals surface area contributed by atoms with Crippen molar-refractivity contribution in [1.29, 1.82) is 0 Å². The molecule has 0 bridgehead atoms. The minimum Gasteiger partial charge on any atom is -0.379 e. The van der Waals surface area contributed by atoms with E-state index >= 15 is 0 Å². The highest BCUT2D eigenvalue weighted by molar-refractivity contribution is 5.89. The number of hydrogen-bond donors (Lipinski definition) is 3. The summed E-state index contributed by atoms with van der Waals surface area (Å²) in [4.78, 5) is 38.9. The number of likely N-dealkylation sites (N-methyl/N-ethyl adjacent to an activating group) is 2. The molecule has 170 valence electrons. The average Bonchev–Trinajstić information content (AvgIpc) is 2.65. The van der Waals surface area contributed by atoms with E-state index in [0.717, 1.165) is 6.42 Å². The third-order valence-electron chi connectivity index (χ3n) is 5.51. The van der Waals surface area contributed by atoms with Crippen molar-refractivity contribution in [2.24, 2.45) is 17.6 Å². The fourth-order valence-electron chi connectivity index (χ4n) is 3.66. The number of amides is 3. The molecule has 0 aromatic rings. The molecule has 0 rings (SSSR count). The quantitative estimate of drug-likeness (QED) is 0.374. The third-order valence-corrected chi connectivity index (χ3v) is 5.51. The van der Waals surface area contributed by atoms with Crippen molar-refractivity contribution < 1.29 is 19.1 Å². The minimum absolute atomic E-state index is 0.0201. The smallest absolute Gasteiger partial charge is 0.244 e. The number of nitrogens with zero attached hydrogens (tertiary/aromatic N) is 2. The summed E-state index contributed by atoms with van der Waals surface area (Å²) in [5, 5.41) is 4.54. The van der Waals surface area contributed by atoms with Crippen LogP contribution in [0.15, 0.2) is 0 Å². The summed E-state index contributed by atoms with van der Waals surface area (Å²) in [5.41, 5.74) is 8.31. The van der Waals surface area contributed by atoms with Crippen LogP contribution in [-0.4, -0.2) is 80.1 Å². The molecule has 9 heteroatoms. The van der Waals surface area contributed by atoms with Crippen LogP contribution in [0.1, 0.15) is 47.5 Å². The van der Waals surface area contributed by atoms with Gasteiger partial charge >= 0.3 is 0 Å². The lowest BCUT2D eigenvalue weighted by atomic mass is 9.90. The minimum atomic E-state index is -0.725. The Morgan fingerprint density at radius 3 is 2.03 bits per heavy atom. The number of hydrazine groups is 1. The van der Waals surface area contributed by atoms with Crippen molar-refractivity contribution in [3.8, 4) is 0 Å². The van der Waals surface area contributed by atoms with Crippen LogP contribution < -0.4 is 16.5 Å². The molecule has 0 saturated heterocycles. The number of methoxy groups -OCH3 is 1. The van der Waals surface area contributed by atoms with Gasteiger partial charge in [0.05, 0.1) is 18.6 Å². The maximum absolute atomic E-state index is 13.1. The molecule has 0 spiro atoms. The van der Waals surface area contributed by atoms with E-state index in [1.807, 2.05) is 27.7 Å². The van der Waals surface area contributed by atoms with Gasteiger partial charge in [0.2, 0.25) is 17.7 Å². The molecule has 0 saturated carbocycles. The lowest BCUT2D eigenvalue weighted by Crippen LogP contribution is -2.58. The van der Waals surface area contributed by atoms with Gasteiger partial charge in [-0.1, -0.05) is 34.1 Å². The predicted octanol–water partition coefficient (Wildman–Crippen LogP) is 0.345. The lowest BCUT2D eigenvalue weighted by molar-refractivity contribution is -0.143. The SMILES string of the molecule is CC[C@H](C)[C@@H]([C@@H](CC(N)=O)OC)N(C)C(=O)[C@H](C)NC(=O)[C@H](C(C)C)N(C)NC. The van der Waals surface area contributed by atoms with Crippen LogP contribution in [0.25, 0.3) is 0 Å². The Balaban J connectivity index is 5.46. The van der Waals surface area contributed by atoms with Crippen LogP contribution in [-0.2, 0) is 19.1 Å². The molecule has 3 amide bonds. The van der Waals surface area contributed by atoms with Crippen LogP contribution in [0.3, 0.4) is 0 Å². The largest absolute Gasteiger partial charge is 0.379 e. The monoisotopic (exact) mass is 415 g/mol. The molecule has 0 aliphatic carbocycles. The molecular weight excluding hydrogens is 374 g/mol. The van der Waals surface area contributed by atoms with Gasteiger partial charge in [-0.3, -0.25) is 19.8 Å². The molecule has 4 N–H and O–H groups in total. The first-order valence-electron chi connectivity index (χ1n) is 10.2. The average molecular weight is 416 g/mol. The maximum atomic E-state index is 13.1. The van der Waals surface area contributed by atoms with Crippen LogP contribution in [0.2, 0.25) is 0 Å². The van der Waals surface area contributed by atoms with Crippen LogP contribution >= 0.6 is 0 Å². The Morgan fingerprint density at radius 1 is 1.10 bits per heavy atom. The Bertz CT molecular complexity index is 543. The number of ether oxygens (including phenoxy) is 1. The fourth-order valence-corrected chi connectivity index (χ4v) is 3.66. The number of primary amides is 1. The van der Waals surface area contributed by atoms with Gasteiger partial charge in [0.15, 0.2) is 0 Å². The molecule has 9 nitrogen and oxygen atoms in total. The van der Waals surface area contributed by atoms with Gasteiger partial charge in [0.25, 0.3) is 0 Å². The van der Waals surface area contributed by atoms with E-state index in [1.54, 1.807) is 38.0 Å². The summed E-state index contributed by atoms with van der Waals surface area (Å²) >= 11 is 0. The molecule has 0 aromatic heterocycles. The maximum Gasteiger partial charge on any atom is 0.244 e. The van der Waals surface area contributed by atoms with E-state index < -0.39 is 24.1 Å². The Labute approximate surface area is 175 Å². The van der Waals surface area contributed by atoms with Gasteiger partial charge in [-0.25, -0.2) is 5.01 Å². The van der Waals surface area contributed by atoms with Crippen molar-refractivity contribution in [2.45, 2.75) is 71.7 Å². The van der Waals surface area contributed by atoms with Crippen LogP contribution in [0, 0.1) is 11.8 Å². The zero-order valence-corrected chi connectivity index (χ0v) is 19.5. The second kappa shape index (κ2) is 12.8. The molecule has 0 heterocycles. The van der Waals surface area contributed by atoms with E-state index in [-0.39, 0.29) is 36.1 Å². The molecule has 5 atom stereocenters. The topological polar surface area (TPSA) is 117 Å². The number of nitrogens with two attached hydrogens (primary N) is 1. The summed E-state index contributed by atoms with van der Waals surface area (Å²) in [5.74, 6) is -0.831. The van der Waals surface area contributed by atoms with E-state index in [1.165, 1.54) is 7.11 Å². The summed E-state index contributed by atoms with van der Waals surface area (Å²) in [6, 6.07) is -1.49. The number of rotatable bonds is 13. The molecule has 0 aromatic carbocycles. The van der Waals surface area contributed by atoms with Crippen LogP contribution in [0.5, 0.6) is 0 Å². The van der Waals surface area contributed by atoms with Crippen molar-refractivity contribution >= 4 is 17.7 Å². The van der Waals surface area contributed by atoms with Gasteiger partial charge in [-0.15, -0.1) is 0 Å². The first-order valence-corrected chi connectivity index (χ1v) is 10.2. The van der Waals surface area contributed by atoms with E-state index in [4.69, 9.17) is 10.5 Å². The molecule has 0 fully saturated rings. The van der Waals surface area contributed by atoms with Gasteiger partial charge < -0.3 is 20.7 Å². The molecule has 0 aliphatic heterocycles. The van der Waals surface area contributed by atoms with Crippen molar-refractivity contribution in [3.63, 3.8) is 0 Å². The highest BCUT2D eigenvalue weighted by Gasteiger charge is 2.36. The molecular formula is C20H41N5O4. The van der Waals surface area contributed by atoms with Crippen molar-refractivity contribution in [1.82, 2.24) is 20.7 Å². The first-order chi connectivity index (χ1) is 13.4. The summed E-state index contributed by atoms with van der Waals surface area (Å²) in [7, 11) is 6.71. The number of hydrogen-bond acceptors (Lipinski definition) is 6. The fraction of sp³-hybridized carbons (Fsp3) is 0.850. The third kappa shape index (κ3) is 7.91. The van der Waals surface area contributed by atoms with E-state index in [0.29, 0.717) is 0 Å². The summed E-state index contributed by atoms with van der Waals surface area (Å²) in [6.45, 7) is 9.57. The highest BCUT2D eigenvalue weighted by atomic mass is 16.5. The second-order valence-electron chi connectivity index (χ2n) is 8.02.